The molecule has 2 aliphatic heterocycles. The summed E-state index contributed by atoms with van der Waals surface area (Å²) in [6, 6.07) is 14.2. The number of aliphatic carboxylic acids is 1. The van der Waals surface area contributed by atoms with E-state index in [4.69, 9.17) is 10.1 Å². The number of rotatable bonds is 10. The van der Waals surface area contributed by atoms with Crippen molar-refractivity contribution in [3.05, 3.63) is 77.4 Å². The topological polar surface area (TPSA) is 145 Å². The van der Waals surface area contributed by atoms with Gasteiger partial charge in [-0.25, -0.2) is 19.3 Å². The van der Waals surface area contributed by atoms with Crippen LogP contribution in [0.2, 0.25) is 0 Å². The van der Waals surface area contributed by atoms with Gasteiger partial charge in [0.1, 0.15) is 11.0 Å². The molecule has 258 valence electrons. The zero-order chi connectivity index (χ0) is 34.3. The van der Waals surface area contributed by atoms with Gasteiger partial charge in [-0.1, -0.05) is 12.1 Å². The molecule has 1 aliphatic carbocycles. The number of carbonyl (C=O) groups is 1. The monoisotopic (exact) mass is 667 g/mol. The van der Waals surface area contributed by atoms with Crippen molar-refractivity contribution in [1.82, 2.24) is 34.1 Å². The fourth-order valence-electron chi connectivity index (χ4n) is 7.82. The summed E-state index contributed by atoms with van der Waals surface area (Å²) in [5.74, 6) is 0.0767. The lowest BCUT2D eigenvalue weighted by Crippen LogP contribution is -2.60. The normalized spacial score (nSPS) is 18.9. The number of carboxylic acids is 1. The number of nitrogens with one attached hydrogen (secondary N) is 1. The number of fused-ring (bicyclic) bond motifs is 1. The molecule has 3 fully saturated rings. The van der Waals surface area contributed by atoms with Crippen molar-refractivity contribution in [2.75, 3.05) is 56.0 Å². The first-order chi connectivity index (χ1) is 23.5. The number of allylic oxidation sites excluding steroid dienone is 1. The van der Waals surface area contributed by atoms with E-state index < -0.39 is 11.6 Å². The first kappa shape index (κ1) is 32.9. The third kappa shape index (κ3) is 6.70. The Labute approximate surface area is 285 Å². The lowest BCUT2D eigenvalue weighted by atomic mass is 9.67. The van der Waals surface area contributed by atoms with Gasteiger partial charge in [-0.2, -0.15) is 4.98 Å². The summed E-state index contributed by atoms with van der Waals surface area (Å²) in [7, 11) is 0. The van der Waals surface area contributed by atoms with Gasteiger partial charge in [0.2, 0.25) is 5.95 Å². The molecule has 0 atom stereocenters. The van der Waals surface area contributed by atoms with E-state index in [0.717, 1.165) is 45.0 Å². The summed E-state index contributed by atoms with van der Waals surface area (Å²) < 4.78 is 3.16. The van der Waals surface area contributed by atoms with Crippen molar-refractivity contribution in [1.29, 1.82) is 0 Å². The first-order valence-corrected chi connectivity index (χ1v) is 17.1. The number of aliphatic hydroxyl groups is 1. The number of benzene rings is 1. The van der Waals surface area contributed by atoms with Crippen LogP contribution in [0.15, 0.2) is 66.1 Å². The Kier molecular flexibility index (Phi) is 8.76. The van der Waals surface area contributed by atoms with Crippen LogP contribution in [0.4, 0.5) is 17.3 Å². The fourth-order valence-corrected chi connectivity index (χ4v) is 7.82. The molecule has 13 heteroatoms. The quantitative estimate of drug-likeness (QED) is 0.214. The molecule has 0 radical (unpaired) electrons. The summed E-state index contributed by atoms with van der Waals surface area (Å²) in [5, 5.41) is 23.3. The number of nitrogens with zero attached hydrogens (tertiary/aromatic N) is 8. The van der Waals surface area contributed by atoms with Gasteiger partial charge in [0.25, 0.3) is 5.56 Å². The molecule has 1 saturated carbocycles. The van der Waals surface area contributed by atoms with Crippen LogP contribution in [0.1, 0.15) is 45.2 Å². The van der Waals surface area contributed by atoms with E-state index in [1.54, 1.807) is 42.8 Å². The van der Waals surface area contributed by atoms with Crippen LogP contribution in [-0.2, 0) is 16.9 Å². The number of anilines is 3. The van der Waals surface area contributed by atoms with Gasteiger partial charge in [0.05, 0.1) is 18.8 Å². The van der Waals surface area contributed by atoms with Crippen molar-refractivity contribution in [3.63, 3.8) is 0 Å². The highest BCUT2D eigenvalue weighted by Gasteiger charge is 2.46. The lowest BCUT2D eigenvalue weighted by molar-refractivity contribution is -0.143. The maximum absolute atomic E-state index is 13.3. The molecule has 0 amide bonds. The Balaban J connectivity index is 0.996. The van der Waals surface area contributed by atoms with Crippen molar-refractivity contribution in [2.24, 2.45) is 5.41 Å². The SMILES string of the molecule is C=CCn1c(=O)c2cnc(Nc3ccc(N4CCN(C5CCC6(CC5)CN(CC(=O)O)C6)CC4)cc3)nc2n1-c1cccc(C(C)(C)O)n1. The summed E-state index contributed by atoms with van der Waals surface area (Å²) in [5.41, 5.74) is 1.81. The van der Waals surface area contributed by atoms with E-state index in [9.17, 15) is 14.7 Å². The van der Waals surface area contributed by atoms with E-state index in [1.807, 2.05) is 12.1 Å². The van der Waals surface area contributed by atoms with Gasteiger partial charge in [-0.3, -0.25) is 19.4 Å². The molecule has 3 N–H and O–H groups in total. The molecule has 2 saturated heterocycles. The Morgan fingerprint density at radius 2 is 1.78 bits per heavy atom. The predicted molar refractivity (Wildman–Crippen MR) is 189 cm³/mol. The van der Waals surface area contributed by atoms with Gasteiger partial charge in [0.15, 0.2) is 11.5 Å². The number of hydrogen-bond donors (Lipinski definition) is 3. The molecule has 3 aromatic heterocycles. The minimum atomic E-state index is -1.16. The Hall–Kier alpha value is -4.59. The van der Waals surface area contributed by atoms with Crippen LogP contribution in [0.25, 0.3) is 16.9 Å². The number of aromatic nitrogens is 5. The molecular formula is C36H45N9O4. The molecule has 1 spiro atoms. The molecule has 0 bridgehead atoms. The van der Waals surface area contributed by atoms with Crippen LogP contribution in [0.3, 0.4) is 0 Å². The van der Waals surface area contributed by atoms with E-state index in [2.05, 4.69) is 48.7 Å². The lowest BCUT2D eigenvalue weighted by Gasteiger charge is -2.54. The maximum atomic E-state index is 13.3. The third-order valence-electron chi connectivity index (χ3n) is 10.4. The molecule has 4 aromatic rings. The third-order valence-corrected chi connectivity index (χ3v) is 10.4. The molecule has 49 heavy (non-hydrogen) atoms. The minimum absolute atomic E-state index is 0.168. The smallest absolute Gasteiger partial charge is 0.317 e. The summed E-state index contributed by atoms with van der Waals surface area (Å²) in [6.45, 7) is 13.5. The van der Waals surface area contributed by atoms with E-state index in [1.165, 1.54) is 42.2 Å². The van der Waals surface area contributed by atoms with Crippen LogP contribution in [-0.4, -0.2) is 102 Å². The van der Waals surface area contributed by atoms with E-state index in [0.29, 0.717) is 40.0 Å². The van der Waals surface area contributed by atoms with Gasteiger partial charge >= 0.3 is 5.97 Å². The van der Waals surface area contributed by atoms with E-state index >= 15 is 0 Å². The molecule has 1 aromatic carbocycles. The zero-order valence-electron chi connectivity index (χ0n) is 28.3. The van der Waals surface area contributed by atoms with Gasteiger partial charge < -0.3 is 20.4 Å². The zero-order valence-corrected chi connectivity index (χ0v) is 28.3. The fraction of sp³-hybridized carbons (Fsp3) is 0.472. The van der Waals surface area contributed by atoms with Crippen LogP contribution < -0.4 is 15.8 Å². The second-order valence-electron chi connectivity index (χ2n) is 14.3. The highest BCUT2D eigenvalue weighted by Crippen LogP contribution is 2.45. The van der Waals surface area contributed by atoms with Crippen molar-refractivity contribution >= 4 is 34.3 Å². The van der Waals surface area contributed by atoms with Crippen molar-refractivity contribution < 1.29 is 15.0 Å². The first-order valence-electron chi connectivity index (χ1n) is 17.1. The van der Waals surface area contributed by atoms with Crippen LogP contribution >= 0.6 is 0 Å². The van der Waals surface area contributed by atoms with Gasteiger partial charge in [0, 0.05) is 62.9 Å². The molecule has 3 aliphatic rings. The maximum Gasteiger partial charge on any atom is 0.317 e. The van der Waals surface area contributed by atoms with Crippen molar-refractivity contribution in [3.8, 4) is 5.82 Å². The summed E-state index contributed by atoms with van der Waals surface area (Å²) in [6.07, 6.45) is 7.98. The highest BCUT2D eigenvalue weighted by molar-refractivity contribution is 5.77. The number of carboxylic acid groups (broad SMARTS) is 1. The number of likely N-dealkylation sites (tertiary alicyclic amines) is 1. The Bertz CT molecular complexity index is 1890. The number of piperazine rings is 1. The Morgan fingerprint density at radius 1 is 1.06 bits per heavy atom. The van der Waals surface area contributed by atoms with Gasteiger partial charge in [-0.15, -0.1) is 6.58 Å². The van der Waals surface area contributed by atoms with Crippen molar-refractivity contribution in [2.45, 2.75) is 57.7 Å². The second-order valence-corrected chi connectivity index (χ2v) is 14.3. The summed E-state index contributed by atoms with van der Waals surface area (Å²) >= 11 is 0. The van der Waals surface area contributed by atoms with Gasteiger partial charge in [-0.05, 0) is 81.3 Å². The van der Waals surface area contributed by atoms with Crippen LogP contribution in [0, 0.1) is 5.41 Å². The predicted octanol–water partition coefficient (Wildman–Crippen LogP) is 3.59. The average Bonchev–Trinajstić information content (AvgIpc) is 3.34. The summed E-state index contributed by atoms with van der Waals surface area (Å²) in [4.78, 5) is 45.3. The Morgan fingerprint density at radius 3 is 2.43 bits per heavy atom. The largest absolute Gasteiger partial charge is 0.480 e. The second kappa shape index (κ2) is 13.0. The van der Waals surface area contributed by atoms with Crippen LogP contribution in [0.5, 0.6) is 0 Å². The minimum Gasteiger partial charge on any atom is -0.480 e. The molecule has 13 nitrogen and oxygen atoms in total. The standard InChI is InChI=1S/C36H45N9O4/c1-4-16-44-33(48)28-21-37-34(40-32(28)45(44)30-7-5-6-29(39-30)35(2,3)49)38-25-8-10-26(11-9-25)42-17-19-43(20-18-42)27-12-14-36(15-13-27)23-41(24-36)22-31(46)47/h4-11,21,27,49H,1,12-20,22-24H2,2-3H3,(H,46,47)(H,37,38,40). The number of pyridine rings is 1. The highest BCUT2D eigenvalue weighted by atomic mass is 16.4. The number of hydrogen-bond acceptors (Lipinski definition) is 10. The molecule has 0 unspecified atom stereocenters. The molecule has 7 rings (SSSR count). The average molecular weight is 668 g/mol. The molecule has 5 heterocycles. The molecular weight excluding hydrogens is 622 g/mol. The van der Waals surface area contributed by atoms with E-state index in [-0.39, 0.29) is 18.6 Å².